The Balaban J connectivity index is 2.06. The summed E-state index contributed by atoms with van der Waals surface area (Å²) in [5.74, 6) is -0.859. The molecule has 0 radical (unpaired) electrons. The summed E-state index contributed by atoms with van der Waals surface area (Å²) in [7, 11) is 0. The molecule has 5 nitrogen and oxygen atoms in total. The number of rotatable bonds is 4. The second kappa shape index (κ2) is 6.14. The van der Waals surface area contributed by atoms with Crippen LogP contribution in [0.15, 0.2) is 5.38 Å². The van der Waals surface area contributed by atoms with Crippen LogP contribution in [0.25, 0.3) is 0 Å². The predicted octanol–water partition coefficient (Wildman–Crippen LogP) is 2.31. The number of carbonyl (C=O) groups excluding carboxylic acids is 1. The molecule has 0 bridgehead atoms. The molecular weight excluding hydrogens is 264 g/mol. The van der Waals surface area contributed by atoms with Crippen LogP contribution < -0.4 is 0 Å². The molecule has 1 atom stereocenters. The van der Waals surface area contributed by atoms with Crippen molar-refractivity contribution in [2.75, 3.05) is 6.54 Å². The lowest BCUT2D eigenvalue weighted by Gasteiger charge is -2.35. The van der Waals surface area contributed by atoms with Crippen LogP contribution in [0.5, 0.6) is 0 Å². The first-order valence-electron chi connectivity index (χ1n) is 6.53. The molecular formula is C13H18N2O3S. The van der Waals surface area contributed by atoms with Crippen molar-refractivity contribution in [3.05, 3.63) is 16.1 Å². The quantitative estimate of drug-likeness (QED) is 0.920. The second-order valence-corrected chi connectivity index (χ2v) is 5.89. The molecule has 0 saturated carbocycles. The number of carboxylic acids is 1. The minimum atomic E-state index is -0.803. The molecule has 1 saturated heterocycles. The number of aliphatic carboxylic acids is 1. The van der Waals surface area contributed by atoms with E-state index in [0.29, 0.717) is 18.7 Å². The first-order valence-corrected chi connectivity index (χ1v) is 7.41. The first-order chi connectivity index (χ1) is 9.08. The van der Waals surface area contributed by atoms with Gasteiger partial charge in [0.25, 0.3) is 5.91 Å². The lowest BCUT2D eigenvalue weighted by molar-refractivity contribution is -0.137. The van der Waals surface area contributed by atoms with Gasteiger partial charge in [-0.15, -0.1) is 11.3 Å². The number of nitrogens with zero attached hydrogens (tertiary/aromatic N) is 2. The second-order valence-electron chi connectivity index (χ2n) is 4.83. The third-order valence-electron chi connectivity index (χ3n) is 3.42. The molecule has 6 heteroatoms. The van der Waals surface area contributed by atoms with E-state index in [-0.39, 0.29) is 18.4 Å². The molecule has 19 heavy (non-hydrogen) atoms. The highest BCUT2D eigenvalue weighted by atomic mass is 32.1. The van der Waals surface area contributed by atoms with Gasteiger partial charge in [0, 0.05) is 24.4 Å². The standard InChI is InChI=1S/C13H18N2O3S/c1-9-14-11(8-19-9)13(18)15-7-3-2-4-10(15)5-6-12(16)17/h8,10H,2-7H2,1H3,(H,16,17)/t10-/m0/s1. The largest absolute Gasteiger partial charge is 0.481 e. The highest BCUT2D eigenvalue weighted by Crippen LogP contribution is 2.23. The molecule has 1 aliphatic rings. The molecule has 104 valence electrons. The highest BCUT2D eigenvalue weighted by Gasteiger charge is 2.28. The molecule has 1 aromatic heterocycles. The number of carbonyl (C=O) groups is 2. The van der Waals surface area contributed by atoms with Crippen LogP contribution in [0.3, 0.4) is 0 Å². The van der Waals surface area contributed by atoms with Gasteiger partial charge in [0.1, 0.15) is 5.69 Å². The van der Waals surface area contributed by atoms with Crippen LogP contribution in [0.1, 0.15) is 47.6 Å². The topological polar surface area (TPSA) is 70.5 Å². The number of amides is 1. The molecule has 1 N–H and O–H groups in total. The minimum Gasteiger partial charge on any atom is -0.481 e. The Morgan fingerprint density at radius 3 is 2.95 bits per heavy atom. The van der Waals surface area contributed by atoms with Crippen molar-refractivity contribution < 1.29 is 14.7 Å². The molecule has 1 amide bonds. The van der Waals surface area contributed by atoms with E-state index in [0.717, 1.165) is 24.3 Å². The van der Waals surface area contributed by atoms with E-state index in [1.165, 1.54) is 11.3 Å². The fraction of sp³-hybridized carbons (Fsp3) is 0.615. The fourth-order valence-electron chi connectivity index (χ4n) is 2.47. The highest BCUT2D eigenvalue weighted by molar-refractivity contribution is 7.09. The number of carboxylic acid groups (broad SMARTS) is 1. The summed E-state index contributed by atoms with van der Waals surface area (Å²) in [5.41, 5.74) is 0.490. The van der Waals surface area contributed by atoms with Crippen LogP contribution in [0.4, 0.5) is 0 Å². The minimum absolute atomic E-state index is 0.0411. The number of piperidine rings is 1. The number of thiazole rings is 1. The Morgan fingerprint density at radius 2 is 2.32 bits per heavy atom. The molecule has 0 aliphatic carbocycles. The lowest BCUT2D eigenvalue weighted by Crippen LogP contribution is -2.44. The number of likely N-dealkylation sites (tertiary alicyclic amines) is 1. The number of aromatic nitrogens is 1. The van der Waals surface area contributed by atoms with Crippen LogP contribution in [0, 0.1) is 6.92 Å². The van der Waals surface area contributed by atoms with Crippen LogP contribution in [-0.4, -0.2) is 39.5 Å². The van der Waals surface area contributed by atoms with Crippen LogP contribution in [-0.2, 0) is 4.79 Å². The van der Waals surface area contributed by atoms with Crippen molar-refractivity contribution in [3.63, 3.8) is 0 Å². The first kappa shape index (κ1) is 14.0. The summed E-state index contributed by atoms with van der Waals surface area (Å²) < 4.78 is 0. The predicted molar refractivity (Wildman–Crippen MR) is 72.4 cm³/mol. The summed E-state index contributed by atoms with van der Waals surface area (Å²) in [4.78, 5) is 29.1. The Bertz CT molecular complexity index is 472. The zero-order valence-electron chi connectivity index (χ0n) is 11.0. The summed E-state index contributed by atoms with van der Waals surface area (Å²) in [6.45, 7) is 2.58. The maximum Gasteiger partial charge on any atom is 0.303 e. The summed E-state index contributed by atoms with van der Waals surface area (Å²) in [5, 5.41) is 11.4. The Hall–Kier alpha value is -1.43. The van der Waals surface area contributed by atoms with Gasteiger partial charge >= 0.3 is 5.97 Å². The maximum absolute atomic E-state index is 12.4. The monoisotopic (exact) mass is 282 g/mol. The van der Waals surface area contributed by atoms with Gasteiger partial charge in [-0.05, 0) is 32.6 Å². The number of aryl methyl sites for hydroxylation is 1. The van der Waals surface area contributed by atoms with Gasteiger partial charge in [0.05, 0.1) is 5.01 Å². The summed E-state index contributed by atoms with van der Waals surface area (Å²) in [6, 6.07) is 0.0411. The van der Waals surface area contributed by atoms with Crippen molar-refractivity contribution in [3.8, 4) is 0 Å². The molecule has 0 aromatic carbocycles. The summed E-state index contributed by atoms with van der Waals surface area (Å²) in [6.07, 6.45) is 3.58. The van der Waals surface area contributed by atoms with Gasteiger partial charge in [-0.25, -0.2) is 4.98 Å². The Kier molecular flexibility index (Phi) is 4.52. The number of hydrogen-bond acceptors (Lipinski definition) is 4. The van der Waals surface area contributed by atoms with E-state index < -0.39 is 5.97 Å². The zero-order chi connectivity index (χ0) is 13.8. The molecule has 1 aromatic rings. The third-order valence-corrected chi connectivity index (χ3v) is 4.19. The van der Waals surface area contributed by atoms with Gasteiger partial charge in [-0.1, -0.05) is 0 Å². The van der Waals surface area contributed by atoms with Crippen LogP contribution in [0.2, 0.25) is 0 Å². The van der Waals surface area contributed by atoms with Crippen molar-refractivity contribution in [1.82, 2.24) is 9.88 Å². The van der Waals surface area contributed by atoms with Crippen molar-refractivity contribution in [2.24, 2.45) is 0 Å². The van der Waals surface area contributed by atoms with E-state index in [4.69, 9.17) is 5.11 Å². The van der Waals surface area contributed by atoms with E-state index in [1.54, 1.807) is 10.3 Å². The molecule has 2 heterocycles. The Labute approximate surface area is 116 Å². The molecule has 1 aliphatic heterocycles. The van der Waals surface area contributed by atoms with E-state index in [2.05, 4.69) is 4.98 Å². The van der Waals surface area contributed by atoms with Crippen molar-refractivity contribution in [2.45, 2.75) is 45.1 Å². The van der Waals surface area contributed by atoms with E-state index >= 15 is 0 Å². The van der Waals surface area contributed by atoms with Gasteiger partial charge in [0.15, 0.2) is 0 Å². The molecule has 1 fully saturated rings. The van der Waals surface area contributed by atoms with Crippen LogP contribution >= 0.6 is 11.3 Å². The third kappa shape index (κ3) is 3.53. The van der Waals surface area contributed by atoms with Crippen molar-refractivity contribution >= 4 is 23.2 Å². The summed E-state index contributed by atoms with van der Waals surface area (Å²) >= 11 is 1.46. The average Bonchev–Trinajstić information content (AvgIpc) is 2.82. The van der Waals surface area contributed by atoms with Gasteiger partial charge in [-0.3, -0.25) is 9.59 Å². The van der Waals surface area contributed by atoms with Crippen molar-refractivity contribution in [1.29, 1.82) is 0 Å². The SMILES string of the molecule is Cc1nc(C(=O)N2CCCC[C@H]2CCC(=O)O)cs1. The molecule has 2 rings (SSSR count). The molecule has 0 unspecified atom stereocenters. The lowest BCUT2D eigenvalue weighted by atomic mass is 9.97. The van der Waals surface area contributed by atoms with Gasteiger partial charge in [0.2, 0.25) is 0 Å². The fourth-order valence-corrected chi connectivity index (χ4v) is 3.05. The van der Waals surface area contributed by atoms with Gasteiger partial charge < -0.3 is 10.0 Å². The van der Waals surface area contributed by atoms with Gasteiger partial charge in [-0.2, -0.15) is 0 Å². The van der Waals surface area contributed by atoms with E-state index in [9.17, 15) is 9.59 Å². The normalized spacial score (nSPS) is 19.4. The molecule has 0 spiro atoms. The smallest absolute Gasteiger partial charge is 0.303 e. The average molecular weight is 282 g/mol. The Morgan fingerprint density at radius 1 is 1.53 bits per heavy atom. The zero-order valence-corrected chi connectivity index (χ0v) is 11.8. The maximum atomic E-state index is 12.4. The van der Waals surface area contributed by atoms with E-state index in [1.807, 2.05) is 6.92 Å². The number of hydrogen-bond donors (Lipinski definition) is 1.